The normalized spacial score (nSPS) is 23.1. The van der Waals surface area contributed by atoms with Crippen LogP contribution in [-0.4, -0.2) is 23.5 Å². The van der Waals surface area contributed by atoms with E-state index in [0.29, 0.717) is 15.8 Å². The van der Waals surface area contributed by atoms with Gasteiger partial charge in [-0.25, -0.2) is 0 Å². The Morgan fingerprint density at radius 2 is 2.28 bits per heavy atom. The van der Waals surface area contributed by atoms with Gasteiger partial charge in [0.1, 0.15) is 0 Å². The largest absolute Gasteiger partial charge is 0.349 e. The Hall–Kier alpha value is -0.320. The van der Waals surface area contributed by atoms with Gasteiger partial charge >= 0.3 is 0 Å². The van der Waals surface area contributed by atoms with Crippen molar-refractivity contribution >= 4 is 41.9 Å². The minimum absolute atomic E-state index is 0.0948. The molecule has 1 aromatic rings. The zero-order valence-corrected chi connectivity index (χ0v) is 12.6. The summed E-state index contributed by atoms with van der Waals surface area (Å²) in [6, 6.07) is 5.47. The van der Waals surface area contributed by atoms with E-state index in [2.05, 4.69) is 24.2 Å². The van der Waals surface area contributed by atoms with Gasteiger partial charge in [-0.3, -0.25) is 4.79 Å². The third kappa shape index (κ3) is 3.37. The van der Waals surface area contributed by atoms with Gasteiger partial charge in [0.15, 0.2) is 0 Å². The smallest absolute Gasteiger partial charge is 0.253 e. The third-order valence-electron chi connectivity index (χ3n) is 3.25. The second-order valence-electron chi connectivity index (χ2n) is 4.51. The summed E-state index contributed by atoms with van der Waals surface area (Å²) >= 11 is 12.1. The third-order valence-corrected chi connectivity index (χ3v) is 4.95. The van der Waals surface area contributed by atoms with Crippen LogP contribution in [0.2, 0.25) is 5.02 Å². The maximum atomic E-state index is 12.1. The molecule has 1 N–H and O–H groups in total. The number of carbonyl (C=O) groups is 1. The predicted molar refractivity (Wildman–Crippen MR) is 81.1 cm³/mol. The van der Waals surface area contributed by atoms with Crippen molar-refractivity contribution in [2.24, 2.45) is 0 Å². The van der Waals surface area contributed by atoms with Crippen LogP contribution in [-0.2, 0) is 0 Å². The van der Waals surface area contributed by atoms with E-state index in [4.69, 9.17) is 11.6 Å². The molecule has 5 heteroatoms. The second kappa shape index (κ2) is 6.22. The average Bonchev–Trinajstić information content (AvgIpc) is 2.80. The Labute approximate surface area is 122 Å². The molecule has 18 heavy (non-hydrogen) atoms. The van der Waals surface area contributed by atoms with Crippen LogP contribution >= 0.6 is 36.0 Å². The van der Waals surface area contributed by atoms with Crippen LogP contribution < -0.4 is 5.32 Å². The van der Waals surface area contributed by atoms with E-state index in [0.717, 1.165) is 17.7 Å². The molecule has 1 fully saturated rings. The van der Waals surface area contributed by atoms with Crippen LogP contribution in [0, 0.1) is 0 Å². The monoisotopic (exact) mass is 301 g/mol. The second-order valence-corrected chi connectivity index (χ2v) is 6.57. The van der Waals surface area contributed by atoms with Gasteiger partial charge in [-0.15, -0.1) is 12.6 Å². The molecule has 2 unspecified atom stereocenters. The lowest BCUT2D eigenvalue weighted by Crippen LogP contribution is -2.33. The molecule has 0 aliphatic heterocycles. The van der Waals surface area contributed by atoms with Crippen molar-refractivity contribution in [3.63, 3.8) is 0 Å². The number of nitrogens with one attached hydrogen (secondary N) is 1. The van der Waals surface area contributed by atoms with Crippen molar-refractivity contribution in [2.45, 2.75) is 35.4 Å². The minimum atomic E-state index is -0.0948. The van der Waals surface area contributed by atoms with E-state index in [1.54, 1.807) is 18.2 Å². The number of amides is 1. The molecule has 1 aromatic carbocycles. The van der Waals surface area contributed by atoms with E-state index in [1.807, 2.05) is 11.8 Å². The molecule has 0 saturated heterocycles. The molecular weight excluding hydrogens is 286 g/mol. The first kappa shape index (κ1) is 14.1. The van der Waals surface area contributed by atoms with E-state index in [9.17, 15) is 4.79 Å². The number of hydrogen-bond donors (Lipinski definition) is 2. The molecule has 0 heterocycles. The number of benzene rings is 1. The lowest BCUT2D eigenvalue weighted by Gasteiger charge is -2.13. The number of halogens is 1. The first-order chi connectivity index (χ1) is 8.60. The van der Waals surface area contributed by atoms with Crippen LogP contribution in [0.1, 0.15) is 29.6 Å². The highest BCUT2D eigenvalue weighted by Gasteiger charge is 2.25. The number of carbonyl (C=O) groups excluding carboxylic acids is 1. The summed E-state index contributed by atoms with van der Waals surface area (Å²) in [6.07, 6.45) is 5.39. The first-order valence-corrected chi connectivity index (χ1v) is 8.03. The Kier molecular flexibility index (Phi) is 4.87. The van der Waals surface area contributed by atoms with E-state index >= 15 is 0 Å². The first-order valence-electron chi connectivity index (χ1n) is 5.92. The molecule has 98 valence electrons. The fourth-order valence-electron chi connectivity index (χ4n) is 2.24. The average molecular weight is 302 g/mol. The molecule has 0 radical (unpaired) electrons. The number of thioether (sulfide) groups is 1. The molecule has 2 rings (SSSR count). The number of hydrogen-bond acceptors (Lipinski definition) is 3. The summed E-state index contributed by atoms with van der Waals surface area (Å²) in [5.74, 6) is -0.0948. The summed E-state index contributed by atoms with van der Waals surface area (Å²) < 4.78 is 0. The van der Waals surface area contributed by atoms with E-state index < -0.39 is 0 Å². The van der Waals surface area contributed by atoms with Crippen LogP contribution in [0.4, 0.5) is 0 Å². The van der Waals surface area contributed by atoms with Gasteiger partial charge in [-0.2, -0.15) is 11.8 Å². The van der Waals surface area contributed by atoms with Crippen molar-refractivity contribution in [2.75, 3.05) is 6.26 Å². The highest BCUT2D eigenvalue weighted by Crippen LogP contribution is 2.28. The van der Waals surface area contributed by atoms with Crippen molar-refractivity contribution < 1.29 is 4.79 Å². The van der Waals surface area contributed by atoms with Gasteiger partial charge in [0.25, 0.3) is 5.91 Å². The molecule has 1 saturated carbocycles. The molecule has 1 aliphatic rings. The summed E-state index contributed by atoms with van der Waals surface area (Å²) in [6.45, 7) is 0. The molecule has 0 spiro atoms. The van der Waals surface area contributed by atoms with Crippen LogP contribution in [0.5, 0.6) is 0 Å². The zero-order chi connectivity index (χ0) is 13.1. The molecular formula is C13H16ClNOS2. The quantitative estimate of drug-likeness (QED) is 0.835. The predicted octanol–water partition coefficient (Wildman–Crippen LogP) is 3.64. The van der Waals surface area contributed by atoms with Gasteiger partial charge in [-0.05, 0) is 43.7 Å². The molecule has 0 aromatic heterocycles. The molecule has 1 amide bonds. The summed E-state index contributed by atoms with van der Waals surface area (Å²) in [5, 5.41) is 4.20. The molecule has 1 aliphatic carbocycles. The summed E-state index contributed by atoms with van der Waals surface area (Å²) in [4.78, 5) is 12.9. The Balaban J connectivity index is 2.02. The fraction of sp³-hybridized carbons (Fsp3) is 0.462. The van der Waals surface area contributed by atoms with Crippen molar-refractivity contribution in [1.29, 1.82) is 0 Å². The van der Waals surface area contributed by atoms with Gasteiger partial charge in [-0.1, -0.05) is 11.6 Å². The summed E-state index contributed by atoms with van der Waals surface area (Å²) in [7, 11) is 0. The lowest BCUT2D eigenvalue weighted by molar-refractivity contribution is 0.0938. The topological polar surface area (TPSA) is 29.1 Å². The van der Waals surface area contributed by atoms with Crippen molar-refractivity contribution in [3.8, 4) is 0 Å². The van der Waals surface area contributed by atoms with Crippen LogP contribution in [0.15, 0.2) is 23.1 Å². The van der Waals surface area contributed by atoms with E-state index in [-0.39, 0.29) is 11.9 Å². The zero-order valence-electron chi connectivity index (χ0n) is 10.1. The fourth-order valence-corrected chi connectivity index (χ4v) is 3.44. The standard InChI is InChI=1S/C13H16ClNOS2/c1-18-10-4-2-8(6-10)15-13(16)11-7-9(17)3-5-12(11)14/h3,5,7-8,10,17H,2,4,6H2,1H3,(H,15,16). The molecule has 2 nitrogen and oxygen atoms in total. The Bertz CT molecular complexity index is 453. The number of rotatable bonds is 3. The summed E-state index contributed by atoms with van der Waals surface area (Å²) in [5.41, 5.74) is 0.511. The Morgan fingerprint density at radius 3 is 2.94 bits per heavy atom. The van der Waals surface area contributed by atoms with Gasteiger partial charge in [0, 0.05) is 16.2 Å². The van der Waals surface area contributed by atoms with Crippen molar-refractivity contribution in [1.82, 2.24) is 5.32 Å². The maximum Gasteiger partial charge on any atom is 0.253 e. The maximum absolute atomic E-state index is 12.1. The lowest BCUT2D eigenvalue weighted by atomic mass is 10.2. The van der Waals surface area contributed by atoms with Gasteiger partial charge in [0.05, 0.1) is 10.6 Å². The minimum Gasteiger partial charge on any atom is -0.349 e. The SMILES string of the molecule is CSC1CCC(NC(=O)c2cc(S)ccc2Cl)C1. The van der Waals surface area contributed by atoms with Crippen LogP contribution in [0.25, 0.3) is 0 Å². The number of thiol groups is 1. The highest BCUT2D eigenvalue weighted by molar-refractivity contribution is 7.99. The molecule has 2 atom stereocenters. The molecule has 0 bridgehead atoms. The highest BCUT2D eigenvalue weighted by atomic mass is 35.5. The Morgan fingerprint density at radius 1 is 1.50 bits per heavy atom. The van der Waals surface area contributed by atoms with Crippen molar-refractivity contribution in [3.05, 3.63) is 28.8 Å². The van der Waals surface area contributed by atoms with Crippen LogP contribution in [0.3, 0.4) is 0 Å². The van der Waals surface area contributed by atoms with E-state index in [1.165, 1.54) is 6.42 Å². The van der Waals surface area contributed by atoms with Gasteiger partial charge in [0.2, 0.25) is 0 Å². The van der Waals surface area contributed by atoms with Gasteiger partial charge < -0.3 is 5.32 Å².